The van der Waals surface area contributed by atoms with Crippen molar-refractivity contribution in [1.82, 2.24) is 0 Å². The van der Waals surface area contributed by atoms with Crippen LogP contribution in [0.4, 0.5) is 0 Å². The molecule has 0 radical (unpaired) electrons. The van der Waals surface area contributed by atoms with E-state index in [0.717, 1.165) is 16.9 Å². The van der Waals surface area contributed by atoms with Crippen LogP contribution in [0.2, 0.25) is 0 Å². The van der Waals surface area contributed by atoms with Crippen molar-refractivity contribution >= 4 is 5.78 Å². The van der Waals surface area contributed by atoms with E-state index in [-0.39, 0.29) is 5.92 Å². The van der Waals surface area contributed by atoms with Crippen LogP contribution in [-0.4, -0.2) is 5.78 Å². The van der Waals surface area contributed by atoms with Crippen LogP contribution in [0, 0.1) is 5.92 Å². The lowest BCUT2D eigenvalue weighted by atomic mass is 9.89. The van der Waals surface area contributed by atoms with Crippen molar-refractivity contribution < 1.29 is 9.53 Å². The first-order valence-corrected chi connectivity index (χ1v) is 8.07. The smallest absolute Gasteiger partial charge is 0.140 e. The molecule has 2 nitrogen and oxygen atoms in total. The molecule has 0 N–H and O–H groups in total. The van der Waals surface area contributed by atoms with Gasteiger partial charge in [0.15, 0.2) is 0 Å². The van der Waals surface area contributed by atoms with Crippen molar-refractivity contribution in [1.29, 1.82) is 0 Å². The predicted octanol–water partition coefficient (Wildman–Crippen LogP) is 4.74. The third kappa shape index (κ3) is 3.56. The molecule has 0 bridgehead atoms. The number of rotatable bonds is 7. The molecule has 0 aliphatic heterocycles. The highest BCUT2D eigenvalue weighted by Gasteiger charge is 2.36. The van der Waals surface area contributed by atoms with E-state index < -0.39 is 0 Å². The van der Waals surface area contributed by atoms with Gasteiger partial charge in [0.25, 0.3) is 0 Å². The van der Waals surface area contributed by atoms with E-state index in [2.05, 4.69) is 18.2 Å². The summed E-state index contributed by atoms with van der Waals surface area (Å²) in [5, 5.41) is 0. The number of benzene rings is 2. The van der Waals surface area contributed by atoms with Crippen LogP contribution in [0.15, 0.2) is 54.6 Å². The maximum atomic E-state index is 12.2. The molecule has 0 saturated heterocycles. The summed E-state index contributed by atoms with van der Waals surface area (Å²) >= 11 is 0. The molecule has 1 saturated carbocycles. The quantitative estimate of drug-likeness (QED) is 0.737. The van der Waals surface area contributed by atoms with E-state index in [0.29, 0.717) is 24.7 Å². The van der Waals surface area contributed by atoms with Crippen LogP contribution in [-0.2, 0) is 11.4 Å². The van der Waals surface area contributed by atoms with Gasteiger partial charge in [-0.05, 0) is 42.0 Å². The Bertz CT molecular complexity index is 629. The fourth-order valence-corrected chi connectivity index (χ4v) is 2.91. The van der Waals surface area contributed by atoms with Gasteiger partial charge in [0.1, 0.15) is 18.1 Å². The first kappa shape index (κ1) is 14.8. The number of ketones is 1. The molecule has 2 aromatic carbocycles. The predicted molar refractivity (Wildman–Crippen MR) is 88.0 cm³/mol. The second-order valence-corrected chi connectivity index (χ2v) is 5.98. The molecule has 3 rings (SSSR count). The minimum absolute atomic E-state index is 0.0604. The van der Waals surface area contributed by atoms with Crippen molar-refractivity contribution in [2.75, 3.05) is 0 Å². The Hall–Kier alpha value is -2.09. The molecule has 1 aliphatic carbocycles. The Kier molecular flexibility index (Phi) is 4.57. The zero-order valence-corrected chi connectivity index (χ0v) is 13.0. The second kappa shape index (κ2) is 6.78. The summed E-state index contributed by atoms with van der Waals surface area (Å²) in [7, 11) is 0. The molecule has 22 heavy (non-hydrogen) atoms. The lowest BCUT2D eigenvalue weighted by Gasteiger charge is -2.16. The van der Waals surface area contributed by atoms with Gasteiger partial charge in [-0.2, -0.15) is 0 Å². The highest BCUT2D eigenvalue weighted by atomic mass is 16.5. The molecular weight excluding hydrogens is 272 g/mol. The summed E-state index contributed by atoms with van der Waals surface area (Å²) in [6, 6.07) is 18.2. The lowest BCUT2D eigenvalue weighted by molar-refractivity contribution is -0.120. The SMILES string of the molecule is CCC(=O)C(c1cccc(OCc2ccccc2)c1)C1CC1. The number of hydrogen-bond donors (Lipinski definition) is 0. The fraction of sp³-hybridized carbons (Fsp3) is 0.350. The molecule has 1 atom stereocenters. The van der Waals surface area contributed by atoms with E-state index in [1.54, 1.807) is 0 Å². The highest BCUT2D eigenvalue weighted by Crippen LogP contribution is 2.44. The van der Waals surface area contributed by atoms with E-state index in [1.165, 1.54) is 12.8 Å². The molecule has 2 heteroatoms. The van der Waals surface area contributed by atoms with E-state index in [4.69, 9.17) is 4.74 Å². The van der Waals surface area contributed by atoms with Crippen molar-refractivity contribution in [3.8, 4) is 5.75 Å². The lowest BCUT2D eigenvalue weighted by Crippen LogP contribution is -2.13. The first-order chi connectivity index (χ1) is 10.8. The molecule has 0 heterocycles. The van der Waals surface area contributed by atoms with Gasteiger partial charge in [0.2, 0.25) is 0 Å². The Morgan fingerprint density at radius 1 is 1.14 bits per heavy atom. The van der Waals surface area contributed by atoms with E-state index >= 15 is 0 Å². The van der Waals surface area contributed by atoms with Crippen molar-refractivity contribution in [2.45, 2.75) is 38.7 Å². The van der Waals surface area contributed by atoms with Gasteiger partial charge in [0, 0.05) is 12.3 Å². The van der Waals surface area contributed by atoms with Gasteiger partial charge < -0.3 is 4.74 Å². The molecule has 1 unspecified atom stereocenters. The number of Topliss-reactive ketones (excluding diaryl/α,β-unsaturated/α-hetero) is 1. The minimum atomic E-state index is 0.0604. The summed E-state index contributed by atoms with van der Waals surface area (Å²) in [6.45, 7) is 2.51. The van der Waals surface area contributed by atoms with Gasteiger partial charge >= 0.3 is 0 Å². The molecule has 1 fully saturated rings. The summed E-state index contributed by atoms with van der Waals surface area (Å²) in [6.07, 6.45) is 2.95. The molecule has 0 amide bonds. The van der Waals surface area contributed by atoms with Gasteiger partial charge in [-0.3, -0.25) is 4.79 Å². The van der Waals surface area contributed by atoms with Gasteiger partial charge in [0.05, 0.1) is 0 Å². The Balaban J connectivity index is 1.73. The van der Waals surface area contributed by atoms with Gasteiger partial charge in [-0.25, -0.2) is 0 Å². The summed E-state index contributed by atoms with van der Waals surface area (Å²) < 4.78 is 5.89. The summed E-state index contributed by atoms with van der Waals surface area (Å²) in [4.78, 5) is 12.2. The van der Waals surface area contributed by atoms with Crippen LogP contribution in [0.5, 0.6) is 5.75 Å². The Labute approximate surface area is 132 Å². The maximum Gasteiger partial charge on any atom is 0.140 e. The largest absolute Gasteiger partial charge is 0.489 e. The Morgan fingerprint density at radius 2 is 1.91 bits per heavy atom. The monoisotopic (exact) mass is 294 g/mol. The average molecular weight is 294 g/mol. The molecule has 114 valence electrons. The molecule has 2 aromatic rings. The number of carbonyl (C=O) groups excluding carboxylic acids is 1. The van der Waals surface area contributed by atoms with Gasteiger partial charge in [-0.1, -0.05) is 49.4 Å². The zero-order valence-electron chi connectivity index (χ0n) is 13.0. The van der Waals surface area contributed by atoms with Crippen LogP contribution in [0.3, 0.4) is 0 Å². The van der Waals surface area contributed by atoms with Gasteiger partial charge in [-0.15, -0.1) is 0 Å². The maximum absolute atomic E-state index is 12.2. The first-order valence-electron chi connectivity index (χ1n) is 8.07. The summed E-state index contributed by atoms with van der Waals surface area (Å²) in [5.41, 5.74) is 2.26. The van der Waals surface area contributed by atoms with Crippen LogP contribution in [0.25, 0.3) is 0 Å². The van der Waals surface area contributed by atoms with Crippen LogP contribution < -0.4 is 4.74 Å². The third-order valence-electron chi connectivity index (χ3n) is 4.25. The fourth-order valence-electron chi connectivity index (χ4n) is 2.91. The molecule has 0 aromatic heterocycles. The van der Waals surface area contributed by atoms with Crippen LogP contribution >= 0.6 is 0 Å². The molecule has 1 aliphatic rings. The summed E-state index contributed by atoms with van der Waals surface area (Å²) in [5.74, 6) is 1.79. The molecule has 0 spiro atoms. The van der Waals surface area contributed by atoms with E-state index in [1.807, 2.05) is 43.3 Å². The second-order valence-electron chi connectivity index (χ2n) is 5.98. The van der Waals surface area contributed by atoms with E-state index in [9.17, 15) is 4.79 Å². The van der Waals surface area contributed by atoms with Crippen LogP contribution in [0.1, 0.15) is 43.2 Å². The average Bonchev–Trinajstić information content (AvgIpc) is 3.39. The molecular formula is C20H22O2. The highest BCUT2D eigenvalue weighted by molar-refractivity contribution is 5.86. The number of ether oxygens (including phenoxy) is 1. The number of carbonyl (C=O) groups is 1. The number of hydrogen-bond acceptors (Lipinski definition) is 2. The van der Waals surface area contributed by atoms with Crippen molar-refractivity contribution in [2.24, 2.45) is 5.92 Å². The minimum Gasteiger partial charge on any atom is -0.489 e. The topological polar surface area (TPSA) is 26.3 Å². The van der Waals surface area contributed by atoms with Crippen molar-refractivity contribution in [3.63, 3.8) is 0 Å². The normalized spacial score (nSPS) is 15.3. The Morgan fingerprint density at radius 3 is 2.59 bits per heavy atom. The van der Waals surface area contributed by atoms with Crippen molar-refractivity contribution in [3.05, 3.63) is 65.7 Å². The third-order valence-corrected chi connectivity index (χ3v) is 4.25. The standard InChI is InChI=1S/C20H22O2/c1-2-19(21)20(16-11-12-16)17-9-6-10-18(13-17)22-14-15-7-4-3-5-8-15/h3-10,13,16,20H,2,11-12,14H2,1H3. The zero-order chi connectivity index (χ0) is 15.4.